The minimum atomic E-state index is -0.602. The number of halogens is 1. The topological polar surface area (TPSA) is 67.8 Å². The third kappa shape index (κ3) is 8.34. The molecule has 2 aromatic carbocycles. The molecule has 1 unspecified atom stereocenters. The van der Waals surface area contributed by atoms with E-state index in [9.17, 15) is 9.90 Å². The molecule has 0 fully saturated rings. The molecule has 0 amide bonds. The van der Waals surface area contributed by atoms with Crippen molar-refractivity contribution >= 4 is 18.2 Å². The number of hydrogen-bond acceptors (Lipinski definition) is 5. The second kappa shape index (κ2) is 12.6. The zero-order chi connectivity index (χ0) is 21.3. The van der Waals surface area contributed by atoms with Crippen molar-refractivity contribution in [2.45, 2.75) is 51.7 Å². The van der Waals surface area contributed by atoms with Gasteiger partial charge in [-0.25, -0.2) is 0 Å². The Balaban J connectivity index is 0.00000450. The highest BCUT2D eigenvalue weighted by Gasteiger charge is 2.16. The van der Waals surface area contributed by atoms with Crippen LogP contribution in [-0.4, -0.2) is 42.8 Å². The molecular formula is C24H34ClNO4. The van der Waals surface area contributed by atoms with Crippen LogP contribution in [0.15, 0.2) is 48.5 Å². The number of ketones is 1. The quantitative estimate of drug-likeness (QED) is 0.482. The molecule has 0 aromatic heterocycles. The summed E-state index contributed by atoms with van der Waals surface area (Å²) >= 11 is 0. The third-order valence-electron chi connectivity index (χ3n) is 5.14. The number of Topliss-reactive ketones (excluding diaryl/α,β-unsaturated/α-hetero) is 1. The highest BCUT2D eigenvalue weighted by Crippen LogP contribution is 2.21. The Morgan fingerprint density at radius 1 is 1.13 bits per heavy atom. The van der Waals surface area contributed by atoms with E-state index >= 15 is 0 Å². The molecule has 30 heavy (non-hydrogen) atoms. The fourth-order valence-corrected chi connectivity index (χ4v) is 2.78. The Morgan fingerprint density at radius 2 is 1.80 bits per heavy atom. The minimum Gasteiger partial charge on any atom is -0.497 e. The number of aliphatic hydroxyl groups excluding tert-OH is 1. The average Bonchev–Trinajstić information content (AvgIpc) is 2.75. The van der Waals surface area contributed by atoms with Crippen molar-refractivity contribution in [3.05, 3.63) is 59.7 Å². The van der Waals surface area contributed by atoms with E-state index in [4.69, 9.17) is 9.47 Å². The van der Waals surface area contributed by atoms with Crippen molar-refractivity contribution in [1.29, 1.82) is 0 Å². The first-order valence-electron chi connectivity index (χ1n) is 10.2. The van der Waals surface area contributed by atoms with Crippen LogP contribution in [-0.2, 0) is 6.42 Å². The Labute approximate surface area is 186 Å². The van der Waals surface area contributed by atoms with Crippen molar-refractivity contribution in [3.8, 4) is 11.5 Å². The number of hydrogen-bond donors (Lipinski definition) is 2. The fraction of sp³-hybridized carbons (Fsp3) is 0.458. The summed E-state index contributed by atoms with van der Waals surface area (Å²) in [5.74, 6) is 1.52. The highest BCUT2D eigenvalue weighted by atomic mass is 35.5. The molecule has 0 aliphatic heterocycles. The summed E-state index contributed by atoms with van der Waals surface area (Å²) < 4.78 is 11.0. The molecule has 1 atom stereocenters. The molecule has 0 heterocycles. The molecule has 0 spiro atoms. The van der Waals surface area contributed by atoms with Crippen molar-refractivity contribution in [1.82, 2.24) is 5.32 Å². The van der Waals surface area contributed by atoms with E-state index in [1.165, 1.54) is 0 Å². The smallest absolute Gasteiger partial charge is 0.163 e. The zero-order valence-electron chi connectivity index (χ0n) is 18.3. The number of aryl methyl sites for hydroxylation is 1. The first-order valence-corrected chi connectivity index (χ1v) is 10.2. The second-order valence-corrected chi connectivity index (χ2v) is 7.84. The van der Waals surface area contributed by atoms with E-state index < -0.39 is 6.10 Å². The van der Waals surface area contributed by atoms with Gasteiger partial charge in [0.05, 0.1) is 7.11 Å². The van der Waals surface area contributed by atoms with Gasteiger partial charge in [-0.2, -0.15) is 0 Å². The average molecular weight is 436 g/mol. The molecule has 0 aliphatic carbocycles. The third-order valence-corrected chi connectivity index (χ3v) is 5.14. The molecule has 0 aliphatic rings. The normalized spacial score (nSPS) is 12.0. The molecule has 0 radical (unpaired) electrons. The van der Waals surface area contributed by atoms with E-state index in [0.717, 1.165) is 17.7 Å². The lowest BCUT2D eigenvalue weighted by Crippen LogP contribution is -2.44. The summed E-state index contributed by atoms with van der Waals surface area (Å²) in [5.41, 5.74) is 1.62. The van der Waals surface area contributed by atoms with Gasteiger partial charge in [0.15, 0.2) is 5.78 Å². The van der Waals surface area contributed by atoms with Crippen molar-refractivity contribution in [2.24, 2.45) is 0 Å². The molecule has 2 N–H and O–H groups in total. The number of β-amino-alcohol motifs (C(OH)–C–C–N with tert-alkyl or cyclic N) is 1. The molecule has 5 nitrogen and oxygen atoms in total. The van der Waals surface area contributed by atoms with Gasteiger partial charge in [-0.05, 0) is 62.6 Å². The number of ether oxygens (including phenoxy) is 2. The van der Waals surface area contributed by atoms with Gasteiger partial charge < -0.3 is 19.9 Å². The van der Waals surface area contributed by atoms with Gasteiger partial charge in [0.1, 0.15) is 24.2 Å². The highest BCUT2D eigenvalue weighted by molar-refractivity contribution is 5.96. The lowest BCUT2D eigenvalue weighted by molar-refractivity contribution is 0.0966. The van der Waals surface area contributed by atoms with Crippen LogP contribution >= 0.6 is 12.4 Å². The molecular weight excluding hydrogens is 402 g/mol. The monoisotopic (exact) mass is 435 g/mol. The molecule has 0 bridgehead atoms. The standard InChI is InChI=1S/C24H33NO4.ClH/c1-5-24(2,3)25-16-20(26)17-29-23-9-7-6-8-19(23)12-15-22(27)18-10-13-21(28-4)14-11-18;/h6-11,13-14,20,25-26H,5,12,15-17H2,1-4H3;1H. The summed E-state index contributed by atoms with van der Waals surface area (Å²) in [6.07, 6.45) is 1.35. The lowest BCUT2D eigenvalue weighted by Gasteiger charge is -2.26. The van der Waals surface area contributed by atoms with Crippen molar-refractivity contribution < 1.29 is 19.4 Å². The largest absolute Gasteiger partial charge is 0.497 e. The molecule has 2 aromatic rings. The van der Waals surface area contributed by atoms with Gasteiger partial charge in [0.2, 0.25) is 0 Å². The van der Waals surface area contributed by atoms with Crippen LogP contribution in [0.25, 0.3) is 0 Å². The summed E-state index contributed by atoms with van der Waals surface area (Å²) in [5, 5.41) is 13.6. The molecule has 2 rings (SSSR count). The second-order valence-electron chi connectivity index (χ2n) is 7.84. The van der Waals surface area contributed by atoms with Crippen LogP contribution in [0.5, 0.6) is 11.5 Å². The van der Waals surface area contributed by atoms with Gasteiger partial charge in [-0.15, -0.1) is 12.4 Å². The van der Waals surface area contributed by atoms with Gasteiger partial charge in [0, 0.05) is 24.1 Å². The first kappa shape index (κ1) is 26.0. The van der Waals surface area contributed by atoms with Gasteiger partial charge in [-0.3, -0.25) is 4.79 Å². The van der Waals surface area contributed by atoms with E-state index in [0.29, 0.717) is 30.7 Å². The van der Waals surface area contributed by atoms with Crippen LogP contribution in [0.3, 0.4) is 0 Å². The zero-order valence-corrected chi connectivity index (χ0v) is 19.1. The van der Waals surface area contributed by atoms with Crippen LogP contribution in [0.1, 0.15) is 49.5 Å². The van der Waals surface area contributed by atoms with Gasteiger partial charge in [-0.1, -0.05) is 25.1 Å². The van der Waals surface area contributed by atoms with Crippen molar-refractivity contribution in [3.63, 3.8) is 0 Å². The SMILES string of the molecule is CCC(C)(C)NCC(O)COc1ccccc1CCC(=O)c1ccc(OC)cc1.Cl. The maximum absolute atomic E-state index is 12.5. The van der Waals surface area contributed by atoms with E-state index in [2.05, 4.69) is 26.1 Å². The fourth-order valence-electron chi connectivity index (χ4n) is 2.78. The van der Waals surface area contributed by atoms with Crippen LogP contribution in [0.2, 0.25) is 0 Å². The molecule has 0 saturated carbocycles. The summed E-state index contributed by atoms with van der Waals surface area (Å²) in [7, 11) is 1.60. The number of benzene rings is 2. The molecule has 6 heteroatoms. The van der Waals surface area contributed by atoms with Crippen molar-refractivity contribution in [2.75, 3.05) is 20.3 Å². The Morgan fingerprint density at radius 3 is 2.43 bits per heavy atom. The first-order chi connectivity index (χ1) is 13.8. The van der Waals surface area contributed by atoms with Gasteiger partial charge in [0.25, 0.3) is 0 Å². The van der Waals surface area contributed by atoms with Crippen LogP contribution in [0.4, 0.5) is 0 Å². The Bertz CT molecular complexity index is 777. The Hall–Kier alpha value is -2.08. The van der Waals surface area contributed by atoms with Crippen LogP contribution in [0, 0.1) is 0 Å². The number of rotatable bonds is 12. The van der Waals surface area contributed by atoms with E-state index in [-0.39, 0.29) is 30.3 Å². The van der Waals surface area contributed by atoms with Crippen LogP contribution < -0.4 is 14.8 Å². The van der Waals surface area contributed by atoms with E-state index in [1.807, 2.05) is 24.3 Å². The Kier molecular flexibility index (Phi) is 10.9. The predicted molar refractivity (Wildman–Crippen MR) is 123 cm³/mol. The number of nitrogens with one attached hydrogen (secondary N) is 1. The predicted octanol–water partition coefficient (Wildman–Crippen LogP) is 4.45. The van der Waals surface area contributed by atoms with E-state index in [1.54, 1.807) is 31.4 Å². The maximum Gasteiger partial charge on any atom is 0.163 e. The molecule has 166 valence electrons. The molecule has 0 saturated heterocycles. The summed E-state index contributed by atoms with van der Waals surface area (Å²) in [4.78, 5) is 12.5. The summed E-state index contributed by atoms with van der Waals surface area (Å²) in [6.45, 7) is 7.00. The lowest BCUT2D eigenvalue weighted by atomic mass is 10.0. The number of carbonyl (C=O) groups is 1. The summed E-state index contributed by atoms with van der Waals surface area (Å²) in [6, 6.07) is 14.8. The van der Waals surface area contributed by atoms with Gasteiger partial charge >= 0.3 is 0 Å². The maximum atomic E-state index is 12.5. The number of methoxy groups -OCH3 is 1. The minimum absolute atomic E-state index is 0. The number of aliphatic hydroxyl groups is 1. The number of carbonyl (C=O) groups excluding carboxylic acids is 1. The number of para-hydroxylation sites is 1.